The molecule has 0 aromatic heterocycles. The molecule has 3 heterocycles. The monoisotopic (exact) mass is 603 g/mol. The summed E-state index contributed by atoms with van der Waals surface area (Å²) in [4.78, 5) is 4.66. The van der Waals surface area contributed by atoms with Gasteiger partial charge in [0.1, 0.15) is 0 Å². The molecule has 7 nitrogen and oxygen atoms in total. The Bertz CT molecular complexity index is 1510. The van der Waals surface area contributed by atoms with Crippen LogP contribution in [0.1, 0.15) is 5.56 Å². The average Bonchev–Trinajstić information content (AvgIpc) is 2.93. The molecular weight excluding hydrogens is 577 g/mol. The Morgan fingerprint density at radius 3 is 1.97 bits per heavy atom. The Labute approximate surface area is 218 Å². The van der Waals surface area contributed by atoms with E-state index in [9.17, 15) is 5.11 Å². The topological polar surface area (TPSA) is 69.6 Å². The SMILES string of the molecule is COc1ccc(N2c3ccc(CO)c4[c]3[Sn]3([CH3])[c]5c(cc(OC)cc5Oc5c(OC)ccc2[c]53)O4)cc1. The fourth-order valence-corrected chi connectivity index (χ4v) is 19.5. The number of rotatable bonds is 5. The van der Waals surface area contributed by atoms with E-state index in [1.165, 1.54) is 7.16 Å². The molecule has 0 aliphatic carbocycles. The zero-order valence-corrected chi connectivity index (χ0v) is 23.8. The summed E-state index contributed by atoms with van der Waals surface area (Å²) >= 11 is -3.75. The molecule has 7 rings (SSSR count). The van der Waals surface area contributed by atoms with Crippen LogP contribution < -0.4 is 39.3 Å². The molecular formula is C29H25NO6Sn. The summed E-state index contributed by atoms with van der Waals surface area (Å²) in [5, 5.41) is 10.3. The zero-order chi connectivity index (χ0) is 25.5. The van der Waals surface area contributed by atoms with Crippen molar-refractivity contribution >= 4 is 46.2 Å². The summed E-state index contributed by atoms with van der Waals surface area (Å²) < 4.78 is 33.6. The number of nitrogens with zero attached hydrogens (tertiary/aromatic N) is 1. The third-order valence-corrected chi connectivity index (χ3v) is 20.4. The van der Waals surface area contributed by atoms with Crippen molar-refractivity contribution in [3.05, 3.63) is 66.2 Å². The fourth-order valence-electron chi connectivity index (χ4n) is 6.08. The number of anilines is 3. The number of methoxy groups -OCH3 is 3. The minimum absolute atomic E-state index is 0.117. The Hall–Kier alpha value is -3.56. The standard InChI is InChI=1S/C28H22NO6.CH3.Sn/c1-31-22-9-6-19(7-10-22)29-20-5-4-18(17-30)27(12-20)34-24-14-23(32-2)15-25(16-24)35-28-13-21(29)8-11-26(28)33-3;;/h4-11,14-15,30H,17H2,1-3H3;1H3;. The van der Waals surface area contributed by atoms with Gasteiger partial charge in [-0.15, -0.1) is 0 Å². The van der Waals surface area contributed by atoms with Crippen LogP contribution in [0.15, 0.2) is 60.7 Å². The molecule has 4 aromatic rings. The van der Waals surface area contributed by atoms with Gasteiger partial charge in [0.25, 0.3) is 0 Å². The average molecular weight is 602 g/mol. The van der Waals surface area contributed by atoms with E-state index >= 15 is 0 Å². The molecule has 0 radical (unpaired) electrons. The van der Waals surface area contributed by atoms with Gasteiger partial charge in [0.05, 0.1) is 0 Å². The van der Waals surface area contributed by atoms with E-state index in [-0.39, 0.29) is 6.61 Å². The van der Waals surface area contributed by atoms with Gasteiger partial charge in [-0.1, -0.05) is 0 Å². The predicted octanol–water partition coefficient (Wildman–Crippen LogP) is 4.30. The third-order valence-electron chi connectivity index (χ3n) is 7.72. The number of hydrogen-bond donors (Lipinski definition) is 1. The van der Waals surface area contributed by atoms with Crippen molar-refractivity contribution in [1.29, 1.82) is 0 Å². The van der Waals surface area contributed by atoms with E-state index in [1.807, 2.05) is 36.4 Å². The molecule has 1 atom stereocenters. The van der Waals surface area contributed by atoms with Gasteiger partial charge in [-0.3, -0.25) is 0 Å². The number of aliphatic hydroxyl groups excluding tert-OH is 1. The maximum absolute atomic E-state index is 10.3. The van der Waals surface area contributed by atoms with Gasteiger partial charge in [0, 0.05) is 0 Å². The van der Waals surface area contributed by atoms with Crippen LogP contribution in [-0.4, -0.2) is 44.8 Å². The van der Waals surface area contributed by atoms with E-state index in [1.54, 1.807) is 21.3 Å². The first-order chi connectivity index (χ1) is 18.0. The van der Waals surface area contributed by atoms with Crippen LogP contribution >= 0.6 is 0 Å². The van der Waals surface area contributed by atoms with E-state index in [0.29, 0.717) is 11.5 Å². The van der Waals surface area contributed by atoms with E-state index < -0.39 is 18.4 Å². The van der Waals surface area contributed by atoms with E-state index in [0.717, 1.165) is 55.0 Å². The van der Waals surface area contributed by atoms with Gasteiger partial charge in [-0.2, -0.15) is 0 Å². The molecule has 8 heteroatoms. The van der Waals surface area contributed by atoms with Gasteiger partial charge < -0.3 is 0 Å². The molecule has 0 fully saturated rings. The fraction of sp³-hybridized carbons (Fsp3) is 0.172. The second kappa shape index (κ2) is 7.97. The van der Waals surface area contributed by atoms with Crippen molar-refractivity contribution < 1.29 is 28.8 Å². The second-order valence-corrected chi connectivity index (χ2v) is 20.2. The molecule has 0 saturated heterocycles. The van der Waals surface area contributed by atoms with Crippen LogP contribution in [-0.2, 0) is 6.61 Å². The number of benzene rings is 4. The number of hydrogen-bond acceptors (Lipinski definition) is 7. The van der Waals surface area contributed by atoms with Crippen molar-refractivity contribution in [3.63, 3.8) is 0 Å². The second-order valence-electron chi connectivity index (χ2n) is 9.46. The molecule has 1 unspecified atom stereocenters. The summed E-state index contributed by atoms with van der Waals surface area (Å²) in [6.45, 7) is -0.117. The molecule has 37 heavy (non-hydrogen) atoms. The summed E-state index contributed by atoms with van der Waals surface area (Å²) in [6.07, 6.45) is 0. The van der Waals surface area contributed by atoms with Crippen LogP contribution in [0.25, 0.3) is 0 Å². The van der Waals surface area contributed by atoms with Gasteiger partial charge in [-0.05, 0) is 0 Å². The van der Waals surface area contributed by atoms with Crippen LogP contribution in [0.5, 0.6) is 40.2 Å². The number of ether oxygens (including phenoxy) is 5. The molecule has 0 amide bonds. The predicted molar refractivity (Wildman–Crippen MR) is 144 cm³/mol. The van der Waals surface area contributed by atoms with Crippen molar-refractivity contribution in [1.82, 2.24) is 0 Å². The summed E-state index contributed by atoms with van der Waals surface area (Å²) in [7, 11) is 4.97. The van der Waals surface area contributed by atoms with E-state index in [4.69, 9.17) is 23.7 Å². The quantitative estimate of drug-likeness (QED) is 0.301. The molecule has 3 aliphatic rings. The van der Waals surface area contributed by atoms with Crippen molar-refractivity contribution in [2.45, 2.75) is 11.5 Å². The Kier molecular flexibility index (Phi) is 4.87. The molecule has 1 N–H and O–H groups in total. The van der Waals surface area contributed by atoms with Gasteiger partial charge in [-0.25, -0.2) is 0 Å². The first kappa shape index (κ1) is 22.6. The van der Waals surface area contributed by atoms with Crippen molar-refractivity contribution in [2.75, 3.05) is 26.2 Å². The number of aliphatic hydroxyl groups is 1. The first-order valence-electron chi connectivity index (χ1n) is 12.0. The normalized spacial score (nSPS) is 17.4. The molecule has 186 valence electrons. The molecule has 0 bridgehead atoms. The summed E-state index contributed by atoms with van der Waals surface area (Å²) in [6, 6.07) is 20.1. The van der Waals surface area contributed by atoms with E-state index in [2.05, 4.69) is 34.1 Å². The first-order valence-corrected chi connectivity index (χ1v) is 19.2. The third kappa shape index (κ3) is 2.86. The van der Waals surface area contributed by atoms with Crippen LogP contribution in [0.2, 0.25) is 4.94 Å². The zero-order valence-electron chi connectivity index (χ0n) is 20.9. The van der Waals surface area contributed by atoms with Gasteiger partial charge in [0.2, 0.25) is 0 Å². The molecule has 3 aliphatic heterocycles. The Morgan fingerprint density at radius 2 is 1.35 bits per heavy atom. The van der Waals surface area contributed by atoms with Crippen LogP contribution in [0.3, 0.4) is 0 Å². The summed E-state index contributed by atoms with van der Waals surface area (Å²) in [5.41, 5.74) is 3.89. The Balaban J connectivity index is 1.62. The van der Waals surface area contributed by atoms with Crippen LogP contribution in [0.4, 0.5) is 17.1 Å². The molecule has 0 spiro atoms. The Morgan fingerprint density at radius 1 is 0.730 bits per heavy atom. The van der Waals surface area contributed by atoms with Gasteiger partial charge in [0.15, 0.2) is 0 Å². The van der Waals surface area contributed by atoms with Crippen molar-refractivity contribution in [2.24, 2.45) is 0 Å². The van der Waals surface area contributed by atoms with Crippen LogP contribution in [0, 0.1) is 0 Å². The van der Waals surface area contributed by atoms with Crippen molar-refractivity contribution in [3.8, 4) is 40.2 Å². The maximum atomic E-state index is 10.3. The minimum atomic E-state index is -3.75. The van der Waals surface area contributed by atoms with Gasteiger partial charge >= 0.3 is 219 Å². The molecule has 4 aromatic carbocycles. The summed E-state index contributed by atoms with van der Waals surface area (Å²) in [5.74, 6) is 5.11. The molecule has 0 saturated carbocycles.